The molecule has 4 rings (SSSR count). The van der Waals surface area contributed by atoms with E-state index in [9.17, 15) is 9.59 Å². The number of hydrogen-bond donors (Lipinski definition) is 2. The van der Waals surface area contributed by atoms with Crippen molar-refractivity contribution in [2.45, 2.75) is 51.9 Å². The summed E-state index contributed by atoms with van der Waals surface area (Å²) in [6.07, 6.45) is 7.84. The number of fused-ring (bicyclic) bond motifs is 1. The molecule has 1 fully saturated rings. The Morgan fingerprint density at radius 3 is 2.52 bits per heavy atom. The predicted molar refractivity (Wildman–Crippen MR) is 127 cm³/mol. The van der Waals surface area contributed by atoms with Crippen LogP contribution in [-0.4, -0.2) is 38.1 Å². The highest BCUT2D eigenvalue weighted by Crippen LogP contribution is 2.38. The molecule has 2 heterocycles. The number of esters is 1. The highest BCUT2D eigenvalue weighted by atomic mass is 32.1. The molecule has 2 N–H and O–H groups in total. The van der Waals surface area contributed by atoms with Gasteiger partial charge in [-0.05, 0) is 81.7 Å². The van der Waals surface area contributed by atoms with E-state index >= 15 is 0 Å². The summed E-state index contributed by atoms with van der Waals surface area (Å²) in [7, 11) is 0. The SMILES string of the molecule is CCOC(=O)c1c(NC(=O)CNc2ccc(N3CCCCC3)cc2)sc2c1CCCC2. The molecule has 166 valence electrons. The Hall–Kier alpha value is -2.54. The van der Waals surface area contributed by atoms with Crippen molar-refractivity contribution in [2.24, 2.45) is 0 Å². The van der Waals surface area contributed by atoms with E-state index in [0.717, 1.165) is 50.0 Å². The summed E-state index contributed by atoms with van der Waals surface area (Å²) in [5, 5.41) is 6.76. The van der Waals surface area contributed by atoms with E-state index in [1.807, 2.05) is 12.1 Å². The second kappa shape index (κ2) is 10.2. The van der Waals surface area contributed by atoms with Crippen molar-refractivity contribution < 1.29 is 14.3 Å². The summed E-state index contributed by atoms with van der Waals surface area (Å²) in [4.78, 5) is 28.8. The zero-order valence-corrected chi connectivity index (χ0v) is 19.0. The summed E-state index contributed by atoms with van der Waals surface area (Å²) in [6, 6.07) is 8.26. The summed E-state index contributed by atoms with van der Waals surface area (Å²) >= 11 is 1.52. The largest absolute Gasteiger partial charge is 0.462 e. The van der Waals surface area contributed by atoms with Crippen molar-refractivity contribution in [2.75, 3.05) is 41.8 Å². The molecule has 31 heavy (non-hydrogen) atoms. The van der Waals surface area contributed by atoms with Crippen molar-refractivity contribution in [3.63, 3.8) is 0 Å². The van der Waals surface area contributed by atoms with Gasteiger partial charge in [-0.25, -0.2) is 4.79 Å². The quantitative estimate of drug-likeness (QED) is 0.602. The molecule has 1 aliphatic carbocycles. The first-order valence-electron chi connectivity index (χ1n) is 11.4. The molecule has 0 bridgehead atoms. The molecule has 0 radical (unpaired) electrons. The molecule has 0 atom stereocenters. The van der Waals surface area contributed by atoms with Crippen molar-refractivity contribution in [1.82, 2.24) is 0 Å². The van der Waals surface area contributed by atoms with Gasteiger partial charge in [-0.1, -0.05) is 0 Å². The Morgan fingerprint density at radius 2 is 1.77 bits per heavy atom. The maximum atomic E-state index is 12.6. The maximum Gasteiger partial charge on any atom is 0.341 e. The summed E-state index contributed by atoms with van der Waals surface area (Å²) < 4.78 is 5.26. The zero-order valence-electron chi connectivity index (χ0n) is 18.2. The minimum absolute atomic E-state index is 0.147. The fourth-order valence-corrected chi connectivity index (χ4v) is 5.66. The molecule has 0 saturated carbocycles. The number of rotatable bonds is 7. The van der Waals surface area contributed by atoms with E-state index in [4.69, 9.17) is 4.74 Å². The van der Waals surface area contributed by atoms with Crippen LogP contribution in [0.3, 0.4) is 0 Å². The molecule has 1 aromatic carbocycles. The number of thiophene rings is 1. The first kappa shape index (κ1) is 21.7. The Kier molecular flexibility index (Phi) is 7.12. The van der Waals surface area contributed by atoms with Gasteiger partial charge in [0.25, 0.3) is 0 Å². The van der Waals surface area contributed by atoms with Gasteiger partial charge in [-0.15, -0.1) is 11.3 Å². The minimum atomic E-state index is -0.335. The molecular weight excluding hydrogens is 410 g/mol. The molecule has 2 aliphatic rings. The number of carbonyl (C=O) groups is 2. The normalized spacial score (nSPS) is 15.8. The number of anilines is 3. The van der Waals surface area contributed by atoms with Gasteiger partial charge in [0.05, 0.1) is 18.7 Å². The molecule has 1 amide bonds. The first-order valence-corrected chi connectivity index (χ1v) is 12.2. The third kappa shape index (κ3) is 5.21. The van der Waals surface area contributed by atoms with Crippen molar-refractivity contribution in [3.8, 4) is 0 Å². The average molecular weight is 442 g/mol. The standard InChI is InChI=1S/C24H31N3O3S/c1-2-30-24(29)22-19-8-4-5-9-20(19)31-23(22)26-21(28)16-25-17-10-12-18(13-11-17)27-14-6-3-7-15-27/h10-13,25H,2-9,14-16H2,1H3,(H,26,28). The lowest BCUT2D eigenvalue weighted by Gasteiger charge is -2.28. The number of carbonyl (C=O) groups excluding carboxylic acids is 2. The Bertz CT molecular complexity index is 917. The Morgan fingerprint density at radius 1 is 1.03 bits per heavy atom. The van der Waals surface area contributed by atoms with Crippen molar-refractivity contribution in [3.05, 3.63) is 40.3 Å². The van der Waals surface area contributed by atoms with Gasteiger partial charge in [0.1, 0.15) is 5.00 Å². The number of amides is 1. The monoisotopic (exact) mass is 441 g/mol. The summed E-state index contributed by atoms with van der Waals surface area (Å²) in [5.74, 6) is -0.497. The minimum Gasteiger partial charge on any atom is -0.462 e. The molecule has 0 spiro atoms. The molecular formula is C24H31N3O3S. The third-order valence-corrected chi connectivity index (χ3v) is 7.15. The Labute approximate surface area is 188 Å². The Balaban J connectivity index is 1.37. The van der Waals surface area contributed by atoms with Crippen LogP contribution in [0.2, 0.25) is 0 Å². The number of benzene rings is 1. The number of nitrogens with one attached hydrogen (secondary N) is 2. The molecule has 6 nitrogen and oxygen atoms in total. The van der Waals surface area contributed by atoms with E-state index in [2.05, 4.69) is 27.7 Å². The van der Waals surface area contributed by atoms with Gasteiger partial charge < -0.3 is 20.3 Å². The zero-order chi connectivity index (χ0) is 21.6. The molecule has 7 heteroatoms. The van der Waals surface area contributed by atoms with Gasteiger partial charge in [0, 0.05) is 29.3 Å². The molecule has 1 saturated heterocycles. The number of piperidine rings is 1. The van der Waals surface area contributed by atoms with E-state index in [-0.39, 0.29) is 18.4 Å². The van der Waals surface area contributed by atoms with Crippen molar-refractivity contribution >= 4 is 39.6 Å². The lowest BCUT2D eigenvalue weighted by molar-refractivity contribution is -0.114. The number of nitrogens with zero attached hydrogens (tertiary/aromatic N) is 1. The number of hydrogen-bond acceptors (Lipinski definition) is 6. The van der Waals surface area contributed by atoms with Gasteiger partial charge in [0.15, 0.2) is 0 Å². The highest BCUT2D eigenvalue weighted by molar-refractivity contribution is 7.17. The van der Waals surface area contributed by atoms with Crippen LogP contribution in [-0.2, 0) is 22.4 Å². The predicted octanol–water partition coefficient (Wildman–Crippen LogP) is 4.84. The van der Waals surface area contributed by atoms with Crippen molar-refractivity contribution in [1.29, 1.82) is 0 Å². The first-order chi connectivity index (χ1) is 15.2. The lowest BCUT2D eigenvalue weighted by atomic mass is 9.95. The van der Waals surface area contributed by atoms with Gasteiger partial charge in [-0.2, -0.15) is 0 Å². The van der Waals surface area contributed by atoms with Crippen LogP contribution in [0.1, 0.15) is 59.8 Å². The van der Waals surface area contributed by atoms with Crippen LogP contribution in [0, 0.1) is 0 Å². The second-order valence-corrected chi connectivity index (χ2v) is 9.24. The highest BCUT2D eigenvalue weighted by Gasteiger charge is 2.27. The smallest absolute Gasteiger partial charge is 0.341 e. The van der Waals surface area contributed by atoms with E-state index in [1.165, 1.54) is 41.2 Å². The molecule has 0 unspecified atom stereocenters. The van der Waals surface area contributed by atoms with Crippen LogP contribution >= 0.6 is 11.3 Å². The fourth-order valence-electron chi connectivity index (χ4n) is 4.37. The average Bonchev–Trinajstić information content (AvgIpc) is 3.16. The van der Waals surface area contributed by atoms with Gasteiger partial charge in [-0.3, -0.25) is 4.79 Å². The third-order valence-electron chi connectivity index (χ3n) is 5.95. The molecule has 1 aromatic heterocycles. The van der Waals surface area contributed by atoms with Crippen LogP contribution < -0.4 is 15.5 Å². The van der Waals surface area contributed by atoms with E-state index < -0.39 is 0 Å². The molecule has 2 aromatic rings. The summed E-state index contributed by atoms with van der Waals surface area (Å²) in [6.45, 7) is 4.50. The van der Waals surface area contributed by atoms with E-state index in [0.29, 0.717) is 17.2 Å². The van der Waals surface area contributed by atoms with Gasteiger partial charge >= 0.3 is 5.97 Å². The van der Waals surface area contributed by atoms with E-state index in [1.54, 1.807) is 6.92 Å². The second-order valence-electron chi connectivity index (χ2n) is 8.13. The lowest BCUT2D eigenvalue weighted by Crippen LogP contribution is -2.29. The van der Waals surface area contributed by atoms with Gasteiger partial charge in [0.2, 0.25) is 5.91 Å². The fraction of sp³-hybridized carbons (Fsp3) is 0.500. The van der Waals surface area contributed by atoms with Crippen LogP contribution in [0.4, 0.5) is 16.4 Å². The maximum absolute atomic E-state index is 12.6. The number of ether oxygens (including phenoxy) is 1. The van der Waals surface area contributed by atoms with Crippen LogP contribution in [0.15, 0.2) is 24.3 Å². The topological polar surface area (TPSA) is 70.7 Å². The van der Waals surface area contributed by atoms with Crippen LogP contribution in [0.25, 0.3) is 0 Å². The summed E-state index contributed by atoms with van der Waals surface area (Å²) in [5.41, 5.74) is 3.76. The van der Waals surface area contributed by atoms with Crippen LogP contribution in [0.5, 0.6) is 0 Å². The molecule has 1 aliphatic heterocycles. The number of aryl methyl sites for hydroxylation is 1.